The minimum Gasteiger partial charge on any atom is -0.365 e. The molecule has 0 saturated carbocycles. The summed E-state index contributed by atoms with van der Waals surface area (Å²) in [5.41, 5.74) is 4.76. The Morgan fingerprint density at radius 3 is 2.14 bits per heavy atom. The Morgan fingerprint density at radius 1 is 1.71 bits per heavy atom. The summed E-state index contributed by atoms with van der Waals surface area (Å²) in [5, 5.41) is 0. The second-order valence-corrected chi connectivity index (χ2v) is 2.13. The van der Waals surface area contributed by atoms with Crippen LogP contribution in [0.4, 0.5) is 0 Å². The molecule has 0 saturated heterocycles. The third-order valence-corrected chi connectivity index (χ3v) is 2.02. The summed E-state index contributed by atoms with van der Waals surface area (Å²) in [6, 6.07) is 0. The van der Waals surface area contributed by atoms with Gasteiger partial charge in [-0.2, -0.15) is 0 Å². The molecule has 1 amide bonds. The minimum absolute atomic E-state index is 0.340. The lowest BCUT2D eigenvalue weighted by atomic mass is 10.6. The summed E-state index contributed by atoms with van der Waals surface area (Å²) in [7, 11) is 0. The third-order valence-electron chi connectivity index (χ3n) is 0.331. The Bertz CT molecular complexity index is 110. The number of hydrogen-bond donors (Lipinski definition) is 1. The average molecular weight is 229 g/mol. The van der Waals surface area contributed by atoms with E-state index in [-0.39, 0.29) is 0 Å². The zero-order valence-corrected chi connectivity index (χ0v) is 6.49. The Kier molecular flexibility index (Phi) is 3.29. The van der Waals surface area contributed by atoms with Gasteiger partial charge in [0, 0.05) is 4.99 Å². The summed E-state index contributed by atoms with van der Waals surface area (Å²) >= 11 is 5.79. The van der Waals surface area contributed by atoms with Gasteiger partial charge in [0.1, 0.15) is 0 Å². The fourth-order valence-electron chi connectivity index (χ4n) is 0.0538. The molecule has 0 unspecified atom stereocenters. The van der Waals surface area contributed by atoms with Crippen LogP contribution in [0.15, 0.2) is 9.47 Å². The second-order valence-electron chi connectivity index (χ2n) is 0.821. The summed E-state index contributed by atoms with van der Waals surface area (Å²) in [6.45, 7) is 0. The molecule has 7 heavy (non-hydrogen) atoms. The van der Waals surface area contributed by atoms with Gasteiger partial charge in [-0.15, -0.1) is 0 Å². The van der Waals surface area contributed by atoms with Crippen LogP contribution in [0.1, 0.15) is 0 Å². The van der Waals surface area contributed by atoms with Crippen molar-refractivity contribution in [2.24, 2.45) is 5.73 Å². The number of rotatable bonds is 1. The normalized spacial score (nSPS) is 11.4. The number of amides is 1. The topological polar surface area (TPSA) is 43.1 Å². The van der Waals surface area contributed by atoms with E-state index in [0.29, 0.717) is 4.48 Å². The van der Waals surface area contributed by atoms with Crippen molar-refractivity contribution in [3.8, 4) is 0 Å². The van der Waals surface area contributed by atoms with Crippen molar-refractivity contribution < 1.29 is 4.79 Å². The molecule has 0 spiro atoms. The van der Waals surface area contributed by atoms with Crippen LogP contribution in [0.3, 0.4) is 0 Å². The van der Waals surface area contributed by atoms with Crippen LogP contribution in [0, 0.1) is 0 Å². The van der Waals surface area contributed by atoms with Crippen LogP contribution in [-0.4, -0.2) is 5.91 Å². The Balaban J connectivity index is 3.82. The third kappa shape index (κ3) is 2.82. The van der Waals surface area contributed by atoms with E-state index in [0.717, 1.165) is 0 Å². The molecule has 40 valence electrons. The molecule has 0 aliphatic heterocycles. The van der Waals surface area contributed by atoms with Crippen LogP contribution in [0.25, 0.3) is 0 Å². The van der Waals surface area contributed by atoms with E-state index in [2.05, 4.69) is 31.9 Å². The van der Waals surface area contributed by atoms with Gasteiger partial charge in [0.25, 0.3) is 5.91 Å². The molecule has 0 aromatic carbocycles. The maximum Gasteiger partial charge on any atom is 0.256 e. The molecule has 0 rings (SSSR count). The van der Waals surface area contributed by atoms with E-state index in [1.807, 2.05) is 0 Å². The maximum absolute atomic E-state index is 10.0. The first-order chi connectivity index (χ1) is 3.18. The quantitative estimate of drug-likeness (QED) is 0.672. The standard InChI is InChI=1S/C3H3Br2NO/c4-1-2(5)3(6)7/h1H,(H2,6,7). The zero-order chi connectivity index (χ0) is 5.86. The largest absolute Gasteiger partial charge is 0.365 e. The highest BCUT2D eigenvalue weighted by atomic mass is 79.9. The second kappa shape index (κ2) is 3.21. The first-order valence-electron chi connectivity index (χ1n) is 1.44. The lowest BCUT2D eigenvalue weighted by Gasteiger charge is -1.82. The molecule has 0 aromatic heterocycles. The van der Waals surface area contributed by atoms with Gasteiger partial charge in [-0.05, 0) is 15.9 Å². The molecular weight excluding hydrogens is 226 g/mol. The van der Waals surface area contributed by atoms with E-state index in [9.17, 15) is 4.79 Å². The van der Waals surface area contributed by atoms with Crippen molar-refractivity contribution in [1.82, 2.24) is 0 Å². The summed E-state index contributed by atoms with van der Waals surface area (Å²) in [5.74, 6) is -0.475. The van der Waals surface area contributed by atoms with Crippen LogP contribution in [0.2, 0.25) is 0 Å². The SMILES string of the molecule is NC(=O)C(Br)=CBr. The molecule has 2 nitrogen and oxygen atoms in total. The highest BCUT2D eigenvalue weighted by molar-refractivity contribution is 9.14. The predicted molar refractivity (Wildman–Crippen MR) is 35.1 cm³/mol. The van der Waals surface area contributed by atoms with Crippen molar-refractivity contribution in [2.45, 2.75) is 0 Å². The number of nitrogens with two attached hydrogens (primary N) is 1. The van der Waals surface area contributed by atoms with E-state index >= 15 is 0 Å². The summed E-state index contributed by atoms with van der Waals surface area (Å²) < 4.78 is 0.340. The van der Waals surface area contributed by atoms with Crippen molar-refractivity contribution in [3.63, 3.8) is 0 Å². The van der Waals surface area contributed by atoms with E-state index in [4.69, 9.17) is 5.73 Å². The maximum atomic E-state index is 10.0. The van der Waals surface area contributed by atoms with Crippen molar-refractivity contribution >= 4 is 37.8 Å². The Morgan fingerprint density at radius 2 is 2.14 bits per heavy atom. The molecule has 0 fully saturated rings. The molecule has 0 heterocycles. The lowest BCUT2D eigenvalue weighted by molar-refractivity contribution is -0.113. The van der Waals surface area contributed by atoms with Crippen LogP contribution in [0.5, 0.6) is 0 Å². The number of hydrogen-bond acceptors (Lipinski definition) is 1. The van der Waals surface area contributed by atoms with E-state index < -0.39 is 5.91 Å². The highest BCUT2D eigenvalue weighted by Gasteiger charge is 1.93. The number of primary amides is 1. The van der Waals surface area contributed by atoms with Gasteiger partial charge < -0.3 is 5.73 Å². The number of carbonyl (C=O) groups excluding carboxylic acids is 1. The molecule has 0 bridgehead atoms. The average Bonchev–Trinajstić information content (AvgIpc) is 1.65. The molecule has 4 heteroatoms. The van der Waals surface area contributed by atoms with Gasteiger partial charge in [0.05, 0.1) is 4.48 Å². The van der Waals surface area contributed by atoms with Gasteiger partial charge in [-0.25, -0.2) is 0 Å². The summed E-state index contributed by atoms with van der Waals surface area (Å²) in [6.07, 6.45) is 0. The van der Waals surface area contributed by atoms with Crippen molar-refractivity contribution in [3.05, 3.63) is 9.47 Å². The summed E-state index contributed by atoms with van der Waals surface area (Å²) in [4.78, 5) is 11.4. The Labute approximate surface area is 58.0 Å². The zero-order valence-electron chi connectivity index (χ0n) is 3.32. The molecule has 0 radical (unpaired) electrons. The lowest BCUT2D eigenvalue weighted by Crippen LogP contribution is -2.08. The molecule has 0 aliphatic rings. The first kappa shape index (κ1) is 7.17. The Hall–Kier alpha value is 0.170. The van der Waals surface area contributed by atoms with Crippen LogP contribution < -0.4 is 5.73 Å². The molecule has 0 aromatic rings. The fourth-order valence-corrected chi connectivity index (χ4v) is 0.279. The monoisotopic (exact) mass is 227 g/mol. The van der Waals surface area contributed by atoms with Crippen LogP contribution in [-0.2, 0) is 4.79 Å². The molecule has 2 N–H and O–H groups in total. The van der Waals surface area contributed by atoms with Crippen molar-refractivity contribution in [2.75, 3.05) is 0 Å². The predicted octanol–water partition coefficient (Wildman–Crippen LogP) is 1.10. The smallest absolute Gasteiger partial charge is 0.256 e. The molecule has 0 atom stereocenters. The van der Waals surface area contributed by atoms with E-state index in [1.54, 1.807) is 0 Å². The molecule has 0 aliphatic carbocycles. The van der Waals surface area contributed by atoms with Gasteiger partial charge in [-0.3, -0.25) is 4.79 Å². The highest BCUT2D eigenvalue weighted by Crippen LogP contribution is 2.04. The van der Waals surface area contributed by atoms with Crippen molar-refractivity contribution in [1.29, 1.82) is 0 Å². The first-order valence-corrected chi connectivity index (χ1v) is 3.15. The van der Waals surface area contributed by atoms with Gasteiger partial charge >= 0.3 is 0 Å². The fraction of sp³-hybridized carbons (Fsp3) is 0. The van der Waals surface area contributed by atoms with Gasteiger partial charge in [0.2, 0.25) is 0 Å². The van der Waals surface area contributed by atoms with Gasteiger partial charge in [0.15, 0.2) is 0 Å². The minimum atomic E-state index is -0.475. The van der Waals surface area contributed by atoms with Crippen LogP contribution >= 0.6 is 31.9 Å². The van der Waals surface area contributed by atoms with Gasteiger partial charge in [-0.1, -0.05) is 15.9 Å². The number of halogens is 2. The van der Waals surface area contributed by atoms with E-state index in [1.165, 1.54) is 4.99 Å². The molecular formula is C3H3Br2NO. The number of carbonyl (C=O) groups is 1.